The Hall–Kier alpha value is -0.870. The van der Waals surface area contributed by atoms with E-state index in [1.54, 1.807) is 18.3 Å². The van der Waals surface area contributed by atoms with E-state index < -0.39 is 5.97 Å². The molecule has 0 saturated carbocycles. The molecule has 16 heavy (non-hydrogen) atoms. The number of carboxylic acid groups (broad SMARTS) is 1. The Balaban J connectivity index is 2.15. The van der Waals surface area contributed by atoms with Gasteiger partial charge in [0.1, 0.15) is 0 Å². The Labute approximate surface area is 98.7 Å². The summed E-state index contributed by atoms with van der Waals surface area (Å²) in [6.45, 7) is 1.72. The third-order valence-corrected chi connectivity index (χ3v) is 4.30. The second kappa shape index (κ2) is 4.55. The second-order valence-electron chi connectivity index (χ2n) is 4.44. The lowest BCUT2D eigenvalue weighted by molar-refractivity contribution is -0.141. The van der Waals surface area contributed by atoms with Crippen molar-refractivity contribution in [1.29, 1.82) is 0 Å². The fourth-order valence-corrected chi connectivity index (χ4v) is 3.47. The number of thiophene rings is 1. The summed E-state index contributed by atoms with van der Waals surface area (Å²) in [5.74, 6) is -1.11. The first kappa shape index (κ1) is 11.6. The van der Waals surface area contributed by atoms with E-state index in [1.165, 1.54) is 4.88 Å². The topological polar surface area (TPSA) is 57.5 Å². The highest BCUT2D eigenvalue weighted by Crippen LogP contribution is 2.36. The molecule has 0 radical (unpaired) electrons. The minimum atomic E-state index is -0.757. The molecule has 1 aliphatic rings. The highest BCUT2D eigenvalue weighted by Gasteiger charge is 2.22. The monoisotopic (exact) mass is 240 g/mol. The number of aryl methyl sites for hydroxylation is 1. The van der Waals surface area contributed by atoms with Gasteiger partial charge in [-0.25, -0.2) is 0 Å². The van der Waals surface area contributed by atoms with Crippen LogP contribution in [0.25, 0.3) is 0 Å². The van der Waals surface area contributed by atoms with Crippen molar-refractivity contribution < 1.29 is 15.0 Å². The van der Waals surface area contributed by atoms with Gasteiger partial charge in [0.2, 0.25) is 0 Å². The number of carbonyl (C=O) groups is 1. The molecule has 0 spiro atoms. The highest BCUT2D eigenvalue weighted by atomic mass is 32.1. The van der Waals surface area contributed by atoms with E-state index in [0.29, 0.717) is 6.42 Å². The number of aliphatic hydroxyl groups excluding tert-OH is 1. The zero-order valence-electron chi connectivity index (χ0n) is 9.27. The van der Waals surface area contributed by atoms with Crippen LogP contribution in [0.5, 0.6) is 0 Å². The first-order valence-electron chi connectivity index (χ1n) is 5.60. The van der Waals surface area contributed by atoms with Gasteiger partial charge >= 0.3 is 5.97 Å². The molecule has 0 bridgehead atoms. The van der Waals surface area contributed by atoms with Crippen molar-refractivity contribution in [1.82, 2.24) is 0 Å². The normalized spacial score (nSPS) is 21.5. The van der Waals surface area contributed by atoms with E-state index >= 15 is 0 Å². The molecule has 2 unspecified atom stereocenters. The van der Waals surface area contributed by atoms with Gasteiger partial charge in [-0.15, -0.1) is 11.3 Å². The van der Waals surface area contributed by atoms with Gasteiger partial charge in [-0.3, -0.25) is 4.79 Å². The van der Waals surface area contributed by atoms with Crippen molar-refractivity contribution in [3.63, 3.8) is 0 Å². The number of rotatable bonds is 3. The van der Waals surface area contributed by atoms with E-state index in [2.05, 4.69) is 0 Å². The summed E-state index contributed by atoms with van der Waals surface area (Å²) in [5.41, 5.74) is 1.03. The summed E-state index contributed by atoms with van der Waals surface area (Å²) in [4.78, 5) is 13.1. The van der Waals surface area contributed by atoms with Crippen LogP contribution in [0.4, 0.5) is 0 Å². The Morgan fingerprint density at radius 1 is 1.69 bits per heavy atom. The zero-order chi connectivity index (χ0) is 11.7. The lowest BCUT2D eigenvalue weighted by Gasteiger charge is -2.16. The van der Waals surface area contributed by atoms with E-state index in [0.717, 1.165) is 29.7 Å². The van der Waals surface area contributed by atoms with Gasteiger partial charge in [0.15, 0.2) is 0 Å². The van der Waals surface area contributed by atoms with Crippen molar-refractivity contribution in [2.45, 2.75) is 38.7 Å². The van der Waals surface area contributed by atoms with Crippen molar-refractivity contribution in [3.8, 4) is 0 Å². The molecular formula is C12H16O3S. The maximum absolute atomic E-state index is 10.8. The fraction of sp³-hybridized carbons (Fsp3) is 0.583. The maximum atomic E-state index is 10.8. The highest BCUT2D eigenvalue weighted by molar-refractivity contribution is 7.12. The second-order valence-corrected chi connectivity index (χ2v) is 5.66. The summed E-state index contributed by atoms with van der Waals surface area (Å²) >= 11 is 1.66. The lowest BCUT2D eigenvalue weighted by Crippen LogP contribution is -2.11. The first-order chi connectivity index (χ1) is 7.58. The fourth-order valence-electron chi connectivity index (χ4n) is 2.08. The van der Waals surface area contributed by atoms with Crippen LogP contribution >= 0.6 is 11.3 Å². The predicted molar refractivity (Wildman–Crippen MR) is 62.7 cm³/mol. The molecule has 2 N–H and O–H groups in total. The molecule has 2 atom stereocenters. The molecule has 1 aliphatic carbocycles. The smallest absolute Gasteiger partial charge is 0.306 e. The van der Waals surface area contributed by atoms with Crippen LogP contribution < -0.4 is 0 Å². The van der Waals surface area contributed by atoms with E-state index in [9.17, 15) is 9.90 Å². The van der Waals surface area contributed by atoms with Crippen LogP contribution in [-0.4, -0.2) is 16.2 Å². The molecule has 2 rings (SSSR count). The molecular weight excluding hydrogens is 224 g/mol. The molecule has 4 heteroatoms. The van der Waals surface area contributed by atoms with Gasteiger partial charge in [0.05, 0.1) is 12.0 Å². The predicted octanol–water partition coefficient (Wildman–Crippen LogP) is 2.38. The number of hydrogen-bond acceptors (Lipinski definition) is 3. The van der Waals surface area contributed by atoms with Crippen LogP contribution in [0.1, 0.15) is 41.2 Å². The van der Waals surface area contributed by atoms with Gasteiger partial charge in [-0.2, -0.15) is 0 Å². The molecule has 1 heterocycles. The van der Waals surface area contributed by atoms with Crippen LogP contribution in [0.15, 0.2) is 6.07 Å². The molecule has 3 nitrogen and oxygen atoms in total. The Morgan fingerprint density at radius 3 is 3.06 bits per heavy atom. The molecule has 88 valence electrons. The largest absolute Gasteiger partial charge is 0.481 e. The van der Waals surface area contributed by atoms with Crippen LogP contribution in [0.2, 0.25) is 0 Å². The molecule has 0 aliphatic heterocycles. The molecule has 0 fully saturated rings. The summed E-state index contributed by atoms with van der Waals surface area (Å²) in [7, 11) is 0. The quantitative estimate of drug-likeness (QED) is 0.852. The van der Waals surface area contributed by atoms with Crippen LogP contribution in [0.3, 0.4) is 0 Å². The van der Waals surface area contributed by atoms with Gasteiger partial charge in [0.25, 0.3) is 0 Å². The van der Waals surface area contributed by atoms with Crippen molar-refractivity contribution in [2.75, 3.05) is 0 Å². The molecule has 1 aromatic heterocycles. The summed E-state index contributed by atoms with van der Waals surface area (Å²) < 4.78 is 0. The third kappa shape index (κ3) is 2.28. The minimum absolute atomic E-state index is 0.339. The van der Waals surface area contributed by atoms with Crippen molar-refractivity contribution in [3.05, 3.63) is 21.4 Å². The SMILES string of the molecule is CC(Cc1cc2c(s1)CCCC2O)C(=O)O. The Bertz CT molecular complexity index is 397. The van der Waals surface area contributed by atoms with Gasteiger partial charge in [-0.05, 0) is 37.3 Å². The van der Waals surface area contributed by atoms with E-state index in [-0.39, 0.29) is 12.0 Å². The summed E-state index contributed by atoms with van der Waals surface area (Å²) in [6.07, 6.45) is 3.12. The molecule has 1 aromatic rings. The molecule has 0 saturated heterocycles. The Morgan fingerprint density at radius 2 is 2.44 bits per heavy atom. The number of fused-ring (bicyclic) bond motifs is 1. The number of carboxylic acids is 1. The number of aliphatic hydroxyl groups is 1. The summed E-state index contributed by atoms with van der Waals surface area (Å²) in [6, 6.07) is 1.99. The van der Waals surface area contributed by atoms with Gasteiger partial charge in [-0.1, -0.05) is 6.92 Å². The average molecular weight is 240 g/mol. The summed E-state index contributed by atoms with van der Waals surface area (Å²) in [5, 5.41) is 18.7. The van der Waals surface area contributed by atoms with Crippen molar-refractivity contribution >= 4 is 17.3 Å². The molecule has 0 aromatic carbocycles. The zero-order valence-corrected chi connectivity index (χ0v) is 10.1. The number of hydrogen-bond donors (Lipinski definition) is 2. The van der Waals surface area contributed by atoms with Gasteiger partial charge in [0, 0.05) is 9.75 Å². The van der Waals surface area contributed by atoms with Crippen LogP contribution in [-0.2, 0) is 17.6 Å². The van der Waals surface area contributed by atoms with Crippen LogP contribution in [0, 0.1) is 5.92 Å². The maximum Gasteiger partial charge on any atom is 0.306 e. The third-order valence-electron chi connectivity index (χ3n) is 3.06. The standard InChI is InChI=1S/C12H16O3S/c1-7(12(14)15)5-8-6-9-10(13)3-2-4-11(9)16-8/h6-7,10,13H,2-5H2,1H3,(H,14,15). The van der Waals surface area contributed by atoms with E-state index in [4.69, 9.17) is 5.11 Å². The number of aliphatic carboxylic acids is 1. The lowest BCUT2D eigenvalue weighted by atomic mass is 9.95. The van der Waals surface area contributed by atoms with Crippen molar-refractivity contribution in [2.24, 2.45) is 5.92 Å². The minimum Gasteiger partial charge on any atom is -0.481 e. The first-order valence-corrected chi connectivity index (χ1v) is 6.42. The van der Waals surface area contributed by atoms with Gasteiger partial charge < -0.3 is 10.2 Å². The molecule has 0 amide bonds. The average Bonchev–Trinajstić information content (AvgIpc) is 2.61. The van der Waals surface area contributed by atoms with E-state index in [1.807, 2.05) is 6.07 Å². The Kier molecular flexibility index (Phi) is 3.30.